The quantitative estimate of drug-likeness (QED) is 0.773. The minimum atomic E-state index is -1.01. The molecule has 0 aliphatic rings. The maximum Gasteiger partial charge on any atom is 0.328 e. The molecule has 2 N–H and O–H groups in total. The van der Waals surface area contributed by atoms with E-state index in [0.717, 1.165) is 12.5 Å². The molecule has 4 nitrogen and oxygen atoms in total. The second kappa shape index (κ2) is 7.36. The molecule has 0 spiro atoms. The molecule has 4 heteroatoms. The third-order valence-corrected chi connectivity index (χ3v) is 2.88. The van der Waals surface area contributed by atoms with Gasteiger partial charge in [0.15, 0.2) is 0 Å². The molecule has 0 radical (unpaired) electrons. The number of rotatable bonds is 6. The molecule has 0 heterocycles. The zero-order chi connectivity index (χ0) is 14.3. The fourth-order valence-electron chi connectivity index (χ4n) is 1.46. The Morgan fingerprint density at radius 3 is 2.79 bits per heavy atom. The molecule has 1 rings (SSSR count). The topological polar surface area (TPSA) is 66.4 Å². The van der Waals surface area contributed by atoms with Crippen molar-refractivity contribution in [1.29, 1.82) is 0 Å². The van der Waals surface area contributed by atoms with Crippen LogP contribution in [0.2, 0.25) is 0 Å². The highest BCUT2D eigenvalue weighted by Crippen LogP contribution is 2.08. The molecule has 1 aromatic rings. The zero-order valence-corrected chi connectivity index (χ0v) is 11.2. The number of nitrogens with one attached hydrogen (secondary N) is 1. The minimum Gasteiger partial charge on any atom is -0.478 e. The maximum atomic E-state index is 11.9. The largest absolute Gasteiger partial charge is 0.478 e. The Kier molecular flexibility index (Phi) is 5.79. The summed E-state index contributed by atoms with van der Waals surface area (Å²) in [5.74, 6) is -0.698. The third kappa shape index (κ3) is 5.38. The van der Waals surface area contributed by atoms with E-state index in [1.165, 1.54) is 6.08 Å². The van der Waals surface area contributed by atoms with Crippen molar-refractivity contribution in [3.8, 4) is 0 Å². The lowest BCUT2D eigenvalue weighted by atomic mass is 10.1. The van der Waals surface area contributed by atoms with Gasteiger partial charge in [-0.15, -0.1) is 0 Å². The van der Waals surface area contributed by atoms with Crippen LogP contribution in [0.5, 0.6) is 0 Å². The van der Waals surface area contributed by atoms with Gasteiger partial charge in [-0.3, -0.25) is 4.79 Å². The lowest BCUT2D eigenvalue weighted by molar-refractivity contribution is -0.131. The van der Waals surface area contributed by atoms with Crippen LogP contribution < -0.4 is 5.32 Å². The molecule has 0 aliphatic heterocycles. The van der Waals surface area contributed by atoms with Gasteiger partial charge in [-0.1, -0.05) is 32.4 Å². The first kappa shape index (κ1) is 15.0. The van der Waals surface area contributed by atoms with Crippen LogP contribution >= 0.6 is 0 Å². The summed E-state index contributed by atoms with van der Waals surface area (Å²) in [6.45, 7) is 4.80. The highest BCUT2D eigenvalue weighted by molar-refractivity contribution is 5.95. The van der Waals surface area contributed by atoms with Crippen LogP contribution in [0.3, 0.4) is 0 Å². The van der Waals surface area contributed by atoms with Crippen LogP contribution in [0.1, 0.15) is 36.2 Å². The summed E-state index contributed by atoms with van der Waals surface area (Å²) in [6, 6.07) is 6.88. The lowest BCUT2D eigenvalue weighted by Crippen LogP contribution is -2.28. The van der Waals surface area contributed by atoms with E-state index >= 15 is 0 Å². The summed E-state index contributed by atoms with van der Waals surface area (Å²) in [5.41, 5.74) is 1.23. The Labute approximate surface area is 113 Å². The summed E-state index contributed by atoms with van der Waals surface area (Å²) in [7, 11) is 0. The van der Waals surface area contributed by atoms with Crippen molar-refractivity contribution in [3.63, 3.8) is 0 Å². The van der Waals surface area contributed by atoms with Gasteiger partial charge in [0.05, 0.1) is 0 Å². The molecule has 102 valence electrons. The van der Waals surface area contributed by atoms with E-state index in [0.29, 0.717) is 23.6 Å². The molecule has 0 aromatic heterocycles. The fourth-order valence-corrected chi connectivity index (χ4v) is 1.46. The van der Waals surface area contributed by atoms with Crippen LogP contribution in [-0.4, -0.2) is 23.5 Å². The highest BCUT2D eigenvalue weighted by atomic mass is 16.4. The predicted molar refractivity (Wildman–Crippen MR) is 74.9 cm³/mol. The summed E-state index contributed by atoms with van der Waals surface area (Å²) in [6.07, 6.45) is 3.53. The normalized spacial score (nSPS) is 12.3. The molecule has 1 atom stereocenters. The Bertz CT molecular complexity index is 480. The molecule has 1 amide bonds. The molecule has 0 saturated carbocycles. The average molecular weight is 261 g/mol. The van der Waals surface area contributed by atoms with E-state index in [4.69, 9.17) is 5.11 Å². The van der Waals surface area contributed by atoms with Gasteiger partial charge < -0.3 is 10.4 Å². The van der Waals surface area contributed by atoms with E-state index in [1.54, 1.807) is 24.3 Å². The van der Waals surface area contributed by atoms with Crippen molar-refractivity contribution < 1.29 is 14.7 Å². The van der Waals surface area contributed by atoms with Gasteiger partial charge in [-0.05, 0) is 29.7 Å². The highest BCUT2D eigenvalue weighted by Gasteiger charge is 2.06. The summed E-state index contributed by atoms with van der Waals surface area (Å²) >= 11 is 0. The van der Waals surface area contributed by atoms with Crippen molar-refractivity contribution in [2.75, 3.05) is 6.54 Å². The van der Waals surface area contributed by atoms with Gasteiger partial charge in [0.1, 0.15) is 0 Å². The van der Waals surface area contributed by atoms with E-state index in [-0.39, 0.29) is 5.91 Å². The van der Waals surface area contributed by atoms with Crippen molar-refractivity contribution in [2.24, 2.45) is 5.92 Å². The Morgan fingerprint density at radius 1 is 1.42 bits per heavy atom. The Morgan fingerprint density at radius 2 is 2.16 bits per heavy atom. The summed E-state index contributed by atoms with van der Waals surface area (Å²) in [5, 5.41) is 11.4. The Hall–Kier alpha value is -2.10. The van der Waals surface area contributed by atoms with Gasteiger partial charge in [0.25, 0.3) is 5.91 Å². The minimum absolute atomic E-state index is 0.133. The second-order valence-corrected chi connectivity index (χ2v) is 4.52. The van der Waals surface area contributed by atoms with Gasteiger partial charge in [-0.25, -0.2) is 4.79 Å². The van der Waals surface area contributed by atoms with Gasteiger partial charge in [0, 0.05) is 18.2 Å². The number of hydrogen-bond donors (Lipinski definition) is 2. The van der Waals surface area contributed by atoms with Crippen molar-refractivity contribution >= 4 is 18.0 Å². The first-order valence-corrected chi connectivity index (χ1v) is 6.32. The molecule has 1 unspecified atom stereocenters. The summed E-state index contributed by atoms with van der Waals surface area (Å²) < 4.78 is 0. The number of carboxylic acid groups (broad SMARTS) is 1. The molecule has 0 fully saturated rings. The van der Waals surface area contributed by atoms with Crippen LogP contribution in [-0.2, 0) is 4.79 Å². The average Bonchev–Trinajstić information content (AvgIpc) is 2.42. The molecule has 1 aromatic carbocycles. The maximum absolute atomic E-state index is 11.9. The first-order valence-electron chi connectivity index (χ1n) is 6.32. The van der Waals surface area contributed by atoms with Crippen molar-refractivity contribution in [1.82, 2.24) is 5.32 Å². The van der Waals surface area contributed by atoms with E-state index in [2.05, 4.69) is 19.2 Å². The first-order chi connectivity index (χ1) is 9.02. The van der Waals surface area contributed by atoms with Crippen LogP contribution in [0.4, 0.5) is 0 Å². The second-order valence-electron chi connectivity index (χ2n) is 4.52. The van der Waals surface area contributed by atoms with Crippen molar-refractivity contribution in [3.05, 3.63) is 41.5 Å². The van der Waals surface area contributed by atoms with Gasteiger partial charge in [-0.2, -0.15) is 0 Å². The zero-order valence-electron chi connectivity index (χ0n) is 11.2. The van der Waals surface area contributed by atoms with Crippen LogP contribution in [0.25, 0.3) is 6.08 Å². The molecule has 0 bridgehead atoms. The van der Waals surface area contributed by atoms with Gasteiger partial charge >= 0.3 is 5.97 Å². The number of amides is 1. The Balaban J connectivity index is 2.70. The number of carbonyl (C=O) groups is 2. The molecule has 19 heavy (non-hydrogen) atoms. The van der Waals surface area contributed by atoms with Crippen molar-refractivity contribution in [2.45, 2.75) is 20.3 Å². The lowest BCUT2D eigenvalue weighted by Gasteiger charge is -2.10. The smallest absolute Gasteiger partial charge is 0.328 e. The number of aliphatic carboxylic acids is 1. The number of carbonyl (C=O) groups excluding carboxylic acids is 1. The molecular formula is C15H19NO3. The SMILES string of the molecule is CCC(C)CNC(=O)c1cccc(C=CC(=O)O)c1. The number of benzene rings is 1. The number of carboxylic acids is 1. The molecule has 0 saturated heterocycles. The van der Waals surface area contributed by atoms with Crippen LogP contribution in [0, 0.1) is 5.92 Å². The van der Waals surface area contributed by atoms with E-state index in [9.17, 15) is 9.59 Å². The van der Waals surface area contributed by atoms with Gasteiger partial charge in [0.2, 0.25) is 0 Å². The summed E-state index contributed by atoms with van der Waals surface area (Å²) in [4.78, 5) is 22.3. The number of hydrogen-bond acceptors (Lipinski definition) is 2. The predicted octanol–water partition coefficient (Wildman–Crippen LogP) is 2.56. The van der Waals surface area contributed by atoms with E-state index < -0.39 is 5.97 Å². The van der Waals surface area contributed by atoms with E-state index in [1.807, 2.05) is 0 Å². The molecular weight excluding hydrogens is 242 g/mol. The standard InChI is InChI=1S/C15H19NO3/c1-3-11(2)10-16-15(19)13-6-4-5-12(9-13)7-8-14(17)18/h4-9,11H,3,10H2,1-2H3,(H,16,19)(H,17,18). The molecule has 0 aliphatic carbocycles. The monoisotopic (exact) mass is 261 g/mol. The third-order valence-electron chi connectivity index (χ3n) is 2.88. The fraction of sp³-hybridized carbons (Fsp3) is 0.333. The van der Waals surface area contributed by atoms with Crippen LogP contribution in [0.15, 0.2) is 30.3 Å².